The first-order valence-corrected chi connectivity index (χ1v) is 9.05. The van der Waals surface area contributed by atoms with Gasteiger partial charge < -0.3 is 10.1 Å². The van der Waals surface area contributed by atoms with Crippen molar-refractivity contribution in [2.75, 3.05) is 23.4 Å². The Morgan fingerprint density at radius 3 is 2.90 bits per heavy atom. The molecule has 1 N–H and O–H groups in total. The number of halogens is 2. The minimum Gasteiger partial charge on any atom is -0.382 e. The van der Waals surface area contributed by atoms with Gasteiger partial charge in [0.2, 0.25) is 0 Å². The van der Waals surface area contributed by atoms with Crippen LogP contribution in [0.25, 0.3) is 0 Å². The molecule has 0 aromatic heterocycles. The number of nitrogens with one attached hydrogen (secondary N) is 1. The molecule has 20 heavy (non-hydrogen) atoms. The summed E-state index contributed by atoms with van der Waals surface area (Å²) >= 11 is 5.26. The Hall–Kier alpha value is -0.260. The van der Waals surface area contributed by atoms with Crippen molar-refractivity contribution in [3.63, 3.8) is 0 Å². The molecule has 0 radical (unpaired) electrons. The summed E-state index contributed by atoms with van der Waals surface area (Å²) in [5.74, 6) is 2.19. The normalized spacial score (nSPS) is 25.6. The lowest BCUT2D eigenvalue weighted by Crippen LogP contribution is -2.46. The SMILES string of the molecule is Fc1ccc(NC2CCOC3(CCSCC3)C2)cc1Br. The first kappa shape index (κ1) is 14.7. The number of rotatable bonds is 2. The van der Waals surface area contributed by atoms with Gasteiger partial charge in [0.05, 0.1) is 10.1 Å². The van der Waals surface area contributed by atoms with E-state index in [2.05, 4.69) is 21.2 Å². The van der Waals surface area contributed by atoms with Crippen LogP contribution in [-0.2, 0) is 4.74 Å². The Balaban J connectivity index is 1.66. The number of hydrogen-bond donors (Lipinski definition) is 1. The molecule has 1 unspecified atom stereocenters. The molecule has 2 aliphatic heterocycles. The summed E-state index contributed by atoms with van der Waals surface area (Å²) in [4.78, 5) is 0. The van der Waals surface area contributed by atoms with Crippen LogP contribution in [0.1, 0.15) is 25.7 Å². The maximum atomic E-state index is 13.3. The van der Waals surface area contributed by atoms with E-state index in [1.54, 1.807) is 6.07 Å². The maximum Gasteiger partial charge on any atom is 0.137 e. The summed E-state index contributed by atoms with van der Waals surface area (Å²) < 4.78 is 19.9. The smallest absolute Gasteiger partial charge is 0.137 e. The van der Waals surface area contributed by atoms with Gasteiger partial charge in [-0.2, -0.15) is 11.8 Å². The largest absolute Gasteiger partial charge is 0.382 e. The lowest BCUT2D eigenvalue weighted by molar-refractivity contribution is -0.0865. The Labute approximate surface area is 132 Å². The zero-order chi connectivity index (χ0) is 14.0. The van der Waals surface area contributed by atoms with E-state index in [0.717, 1.165) is 38.0 Å². The van der Waals surface area contributed by atoms with Crippen LogP contribution in [0, 0.1) is 5.82 Å². The van der Waals surface area contributed by atoms with E-state index in [-0.39, 0.29) is 11.4 Å². The summed E-state index contributed by atoms with van der Waals surface area (Å²) in [6, 6.07) is 5.54. The summed E-state index contributed by atoms with van der Waals surface area (Å²) in [7, 11) is 0. The minimum atomic E-state index is -0.219. The van der Waals surface area contributed by atoms with Crippen LogP contribution in [0.5, 0.6) is 0 Å². The predicted molar refractivity (Wildman–Crippen MR) is 86.0 cm³/mol. The van der Waals surface area contributed by atoms with Crippen LogP contribution < -0.4 is 5.32 Å². The monoisotopic (exact) mass is 359 g/mol. The zero-order valence-electron chi connectivity index (χ0n) is 11.3. The standard InChI is InChI=1S/C15H19BrFNOS/c16-13-9-11(1-2-14(13)17)18-12-3-6-19-15(10-12)4-7-20-8-5-15/h1-2,9,12,18H,3-8,10H2. The second-order valence-electron chi connectivity index (χ2n) is 5.61. The van der Waals surface area contributed by atoms with E-state index in [1.807, 2.05) is 17.8 Å². The molecular formula is C15H19BrFNOS. The minimum absolute atomic E-state index is 0.0818. The van der Waals surface area contributed by atoms with Crippen LogP contribution in [0.4, 0.5) is 10.1 Å². The molecule has 2 saturated heterocycles. The molecule has 0 saturated carbocycles. The van der Waals surface area contributed by atoms with Gasteiger partial charge in [0.25, 0.3) is 0 Å². The Kier molecular flexibility index (Phi) is 4.58. The number of hydrogen-bond acceptors (Lipinski definition) is 3. The molecule has 110 valence electrons. The van der Waals surface area contributed by atoms with Gasteiger partial charge in [-0.15, -0.1) is 0 Å². The average Bonchev–Trinajstić information content (AvgIpc) is 2.44. The van der Waals surface area contributed by atoms with Gasteiger partial charge >= 0.3 is 0 Å². The van der Waals surface area contributed by atoms with Crippen molar-refractivity contribution in [2.24, 2.45) is 0 Å². The van der Waals surface area contributed by atoms with E-state index < -0.39 is 0 Å². The number of anilines is 1. The van der Waals surface area contributed by atoms with Crippen LogP contribution in [0.15, 0.2) is 22.7 Å². The summed E-state index contributed by atoms with van der Waals surface area (Å²) in [5, 5.41) is 3.54. The van der Waals surface area contributed by atoms with Gasteiger partial charge in [-0.3, -0.25) is 0 Å². The lowest BCUT2D eigenvalue weighted by atomic mass is 9.85. The highest BCUT2D eigenvalue weighted by atomic mass is 79.9. The highest BCUT2D eigenvalue weighted by Gasteiger charge is 2.38. The highest BCUT2D eigenvalue weighted by Crippen LogP contribution is 2.38. The van der Waals surface area contributed by atoms with E-state index in [4.69, 9.17) is 4.74 Å². The second-order valence-corrected chi connectivity index (χ2v) is 7.69. The van der Waals surface area contributed by atoms with E-state index in [9.17, 15) is 4.39 Å². The molecule has 2 aliphatic rings. The Bertz CT molecular complexity index is 473. The van der Waals surface area contributed by atoms with Crippen LogP contribution >= 0.6 is 27.7 Å². The zero-order valence-corrected chi connectivity index (χ0v) is 13.7. The molecule has 3 rings (SSSR count). The van der Waals surface area contributed by atoms with Crippen LogP contribution in [-0.4, -0.2) is 29.8 Å². The molecule has 0 bridgehead atoms. The van der Waals surface area contributed by atoms with Gasteiger partial charge in [0, 0.05) is 18.3 Å². The first-order chi connectivity index (χ1) is 9.67. The third-order valence-corrected chi connectivity index (χ3v) is 5.78. The molecule has 0 amide bonds. The van der Waals surface area contributed by atoms with Crippen molar-refractivity contribution in [2.45, 2.75) is 37.3 Å². The Morgan fingerprint density at radius 2 is 2.15 bits per heavy atom. The molecule has 1 aromatic carbocycles. The average molecular weight is 360 g/mol. The molecule has 2 nitrogen and oxygen atoms in total. The number of ether oxygens (including phenoxy) is 1. The molecule has 5 heteroatoms. The third kappa shape index (κ3) is 3.31. The van der Waals surface area contributed by atoms with Gasteiger partial charge in [0.1, 0.15) is 5.82 Å². The van der Waals surface area contributed by atoms with E-state index in [0.29, 0.717) is 10.5 Å². The number of benzene rings is 1. The summed E-state index contributed by atoms with van der Waals surface area (Å²) in [5.41, 5.74) is 1.06. The topological polar surface area (TPSA) is 21.3 Å². The fourth-order valence-corrected chi connectivity index (χ4v) is 4.68. The maximum absolute atomic E-state index is 13.3. The molecular weight excluding hydrogens is 341 g/mol. The first-order valence-electron chi connectivity index (χ1n) is 7.10. The van der Waals surface area contributed by atoms with Crippen molar-refractivity contribution in [3.05, 3.63) is 28.5 Å². The second kappa shape index (κ2) is 6.24. The summed E-state index contributed by atoms with van der Waals surface area (Å²) in [6.07, 6.45) is 4.39. The molecule has 1 atom stereocenters. The van der Waals surface area contributed by atoms with Gasteiger partial charge in [0.15, 0.2) is 0 Å². The van der Waals surface area contributed by atoms with Crippen LogP contribution in [0.2, 0.25) is 0 Å². The fourth-order valence-electron chi connectivity index (χ4n) is 3.06. The third-order valence-electron chi connectivity index (χ3n) is 4.19. The predicted octanol–water partition coefficient (Wildman–Crippen LogP) is 4.44. The van der Waals surface area contributed by atoms with Gasteiger partial charge in [-0.1, -0.05) is 0 Å². The fraction of sp³-hybridized carbons (Fsp3) is 0.600. The van der Waals surface area contributed by atoms with Gasteiger partial charge in [-0.25, -0.2) is 4.39 Å². The number of thioether (sulfide) groups is 1. The van der Waals surface area contributed by atoms with Crippen LogP contribution in [0.3, 0.4) is 0 Å². The molecule has 0 aliphatic carbocycles. The van der Waals surface area contributed by atoms with Crippen molar-refractivity contribution in [1.82, 2.24) is 0 Å². The summed E-state index contributed by atoms with van der Waals surface area (Å²) in [6.45, 7) is 0.824. The molecule has 2 heterocycles. The molecule has 2 fully saturated rings. The highest BCUT2D eigenvalue weighted by molar-refractivity contribution is 9.10. The van der Waals surface area contributed by atoms with E-state index in [1.165, 1.54) is 17.6 Å². The molecule has 1 aromatic rings. The molecule has 1 spiro atoms. The van der Waals surface area contributed by atoms with Crippen molar-refractivity contribution < 1.29 is 9.13 Å². The van der Waals surface area contributed by atoms with Gasteiger partial charge in [-0.05, 0) is 71.3 Å². The van der Waals surface area contributed by atoms with Crippen molar-refractivity contribution >= 4 is 33.4 Å². The quantitative estimate of drug-likeness (QED) is 0.842. The van der Waals surface area contributed by atoms with Crippen molar-refractivity contribution in [1.29, 1.82) is 0 Å². The van der Waals surface area contributed by atoms with Crippen molar-refractivity contribution in [3.8, 4) is 0 Å². The van der Waals surface area contributed by atoms with E-state index >= 15 is 0 Å². The lowest BCUT2D eigenvalue weighted by Gasteiger charge is -2.43. The Morgan fingerprint density at radius 1 is 1.35 bits per heavy atom.